The third kappa shape index (κ3) is 4.04. The van der Waals surface area contributed by atoms with Crippen LogP contribution in [0.4, 0.5) is 11.8 Å². The highest BCUT2D eigenvalue weighted by Gasteiger charge is 2.16. The fourth-order valence-corrected chi connectivity index (χ4v) is 3.00. The molecular weight excluding hydrogens is 284 g/mol. The summed E-state index contributed by atoms with van der Waals surface area (Å²) in [6.45, 7) is 9.79. The Kier molecular flexibility index (Phi) is 5.76. The average Bonchev–Trinajstić information content (AvgIpc) is 2.91. The molecule has 0 bridgehead atoms. The Labute approximate surface area is 130 Å². The fourth-order valence-electron chi connectivity index (χ4n) is 2.24. The molecule has 0 saturated heterocycles. The van der Waals surface area contributed by atoms with Gasteiger partial charge in [0.2, 0.25) is 5.95 Å². The summed E-state index contributed by atoms with van der Waals surface area (Å²) in [6.07, 6.45) is 0. The van der Waals surface area contributed by atoms with E-state index in [-0.39, 0.29) is 0 Å². The lowest BCUT2D eigenvalue weighted by Crippen LogP contribution is -2.32. The second-order valence-corrected chi connectivity index (χ2v) is 6.27. The molecule has 0 fully saturated rings. The molecule has 0 aromatic carbocycles. The zero-order valence-electron chi connectivity index (χ0n) is 13.2. The van der Waals surface area contributed by atoms with E-state index in [0.717, 1.165) is 35.7 Å². The summed E-state index contributed by atoms with van der Waals surface area (Å²) in [5.74, 6) is 2.27. The first-order valence-corrected chi connectivity index (χ1v) is 8.26. The highest BCUT2D eigenvalue weighted by molar-refractivity contribution is 7.16. The quantitative estimate of drug-likeness (QED) is 0.811. The van der Waals surface area contributed by atoms with Crippen molar-refractivity contribution in [3.8, 4) is 0 Å². The predicted molar refractivity (Wildman–Crippen MR) is 90.5 cm³/mol. The summed E-state index contributed by atoms with van der Waals surface area (Å²) < 4.78 is 5.25. The number of nitrogens with one attached hydrogen (secondary N) is 1. The number of rotatable bonds is 8. The monoisotopic (exact) mass is 308 g/mol. The second-order valence-electron chi connectivity index (χ2n) is 5.37. The lowest BCUT2D eigenvalue weighted by Gasteiger charge is -2.26. The van der Waals surface area contributed by atoms with Crippen LogP contribution in [0.25, 0.3) is 10.2 Å². The van der Waals surface area contributed by atoms with Gasteiger partial charge >= 0.3 is 0 Å². The molecule has 5 nitrogen and oxygen atoms in total. The maximum Gasteiger partial charge on any atom is 0.226 e. The van der Waals surface area contributed by atoms with Gasteiger partial charge in [-0.1, -0.05) is 13.8 Å². The van der Waals surface area contributed by atoms with Crippen molar-refractivity contribution in [2.75, 3.05) is 43.6 Å². The zero-order chi connectivity index (χ0) is 15.2. The summed E-state index contributed by atoms with van der Waals surface area (Å²) in [5.41, 5.74) is 0. The van der Waals surface area contributed by atoms with Crippen molar-refractivity contribution < 1.29 is 4.74 Å². The van der Waals surface area contributed by atoms with Crippen molar-refractivity contribution in [2.24, 2.45) is 5.92 Å². The van der Waals surface area contributed by atoms with Crippen LogP contribution in [0.1, 0.15) is 20.8 Å². The van der Waals surface area contributed by atoms with Crippen molar-refractivity contribution in [2.45, 2.75) is 20.8 Å². The largest absolute Gasteiger partial charge is 0.383 e. The minimum absolute atomic E-state index is 0.563. The molecule has 0 aliphatic heterocycles. The summed E-state index contributed by atoms with van der Waals surface area (Å²) in [7, 11) is 1.73. The predicted octanol–water partition coefficient (Wildman–Crippen LogP) is 3.23. The van der Waals surface area contributed by atoms with Crippen LogP contribution < -0.4 is 10.2 Å². The van der Waals surface area contributed by atoms with Gasteiger partial charge < -0.3 is 15.0 Å². The van der Waals surface area contributed by atoms with E-state index in [1.54, 1.807) is 18.4 Å². The standard InChI is InChI=1S/C15H24N4OS/c1-5-16-15-17-13(12-6-9-21-14(12)18-15)19(7-8-20-4)10-11(2)3/h6,9,11H,5,7-8,10H2,1-4H3,(H,16,17,18). The third-order valence-electron chi connectivity index (χ3n) is 3.09. The van der Waals surface area contributed by atoms with Crippen LogP contribution in [-0.2, 0) is 4.74 Å². The van der Waals surface area contributed by atoms with Crippen molar-refractivity contribution >= 4 is 33.3 Å². The lowest BCUT2D eigenvalue weighted by molar-refractivity contribution is 0.204. The Morgan fingerprint density at radius 1 is 1.38 bits per heavy atom. The first kappa shape index (κ1) is 16.0. The van der Waals surface area contributed by atoms with Gasteiger partial charge in [-0.2, -0.15) is 4.98 Å². The molecule has 0 aliphatic rings. The fraction of sp³-hybridized carbons (Fsp3) is 0.600. The van der Waals surface area contributed by atoms with Gasteiger partial charge in [-0.25, -0.2) is 4.98 Å². The van der Waals surface area contributed by atoms with Crippen LogP contribution in [0.15, 0.2) is 11.4 Å². The average molecular weight is 308 g/mol. The van der Waals surface area contributed by atoms with Crippen LogP contribution in [0.3, 0.4) is 0 Å². The highest BCUT2D eigenvalue weighted by atomic mass is 32.1. The minimum Gasteiger partial charge on any atom is -0.383 e. The van der Waals surface area contributed by atoms with E-state index in [1.807, 2.05) is 0 Å². The second kappa shape index (κ2) is 7.56. The van der Waals surface area contributed by atoms with E-state index in [4.69, 9.17) is 9.72 Å². The molecule has 0 amide bonds. The van der Waals surface area contributed by atoms with Crippen LogP contribution in [0.2, 0.25) is 0 Å². The smallest absolute Gasteiger partial charge is 0.226 e. The molecule has 2 heterocycles. The molecule has 2 aromatic heterocycles. The number of fused-ring (bicyclic) bond motifs is 1. The molecule has 2 aromatic rings. The Bertz CT molecular complexity index is 570. The number of nitrogens with zero attached hydrogens (tertiary/aromatic N) is 3. The molecule has 21 heavy (non-hydrogen) atoms. The maximum absolute atomic E-state index is 5.25. The number of thiophene rings is 1. The number of aromatic nitrogens is 2. The summed E-state index contributed by atoms with van der Waals surface area (Å²) >= 11 is 1.65. The zero-order valence-corrected chi connectivity index (χ0v) is 14.0. The van der Waals surface area contributed by atoms with Gasteiger partial charge in [0.05, 0.1) is 12.0 Å². The summed E-state index contributed by atoms with van der Waals surface area (Å²) in [4.78, 5) is 12.6. The van der Waals surface area contributed by atoms with Crippen molar-refractivity contribution in [1.29, 1.82) is 0 Å². The van der Waals surface area contributed by atoms with Crippen LogP contribution >= 0.6 is 11.3 Å². The molecule has 0 saturated carbocycles. The summed E-state index contributed by atoms with van der Waals surface area (Å²) in [5, 5.41) is 6.42. The SMILES string of the molecule is CCNc1nc(N(CCOC)CC(C)C)c2ccsc2n1. The van der Waals surface area contributed by atoms with Gasteiger partial charge in [-0.15, -0.1) is 11.3 Å². The van der Waals surface area contributed by atoms with Crippen LogP contribution in [0, 0.1) is 5.92 Å². The molecule has 1 N–H and O–H groups in total. The number of anilines is 2. The summed E-state index contributed by atoms with van der Waals surface area (Å²) in [6, 6.07) is 2.10. The first-order chi connectivity index (χ1) is 10.2. The van der Waals surface area contributed by atoms with E-state index in [2.05, 4.69) is 47.4 Å². The van der Waals surface area contributed by atoms with Gasteiger partial charge in [0.25, 0.3) is 0 Å². The van der Waals surface area contributed by atoms with Gasteiger partial charge in [-0.05, 0) is 24.3 Å². The molecule has 0 aliphatic carbocycles. The molecule has 116 valence electrons. The third-order valence-corrected chi connectivity index (χ3v) is 3.90. The lowest BCUT2D eigenvalue weighted by atomic mass is 10.2. The normalized spacial score (nSPS) is 11.3. The molecule has 0 atom stereocenters. The molecule has 0 spiro atoms. The van der Waals surface area contributed by atoms with E-state index in [1.165, 1.54) is 0 Å². The Balaban J connectivity index is 2.40. The maximum atomic E-state index is 5.25. The van der Waals surface area contributed by atoms with E-state index in [0.29, 0.717) is 18.5 Å². The van der Waals surface area contributed by atoms with Crippen molar-refractivity contribution in [1.82, 2.24) is 9.97 Å². The van der Waals surface area contributed by atoms with E-state index >= 15 is 0 Å². The number of hydrogen-bond acceptors (Lipinski definition) is 6. The van der Waals surface area contributed by atoms with Gasteiger partial charge in [0.1, 0.15) is 10.6 Å². The Morgan fingerprint density at radius 3 is 2.86 bits per heavy atom. The number of methoxy groups -OCH3 is 1. The molecular formula is C15H24N4OS. The highest BCUT2D eigenvalue weighted by Crippen LogP contribution is 2.29. The Morgan fingerprint density at radius 2 is 2.19 bits per heavy atom. The topological polar surface area (TPSA) is 50.3 Å². The van der Waals surface area contributed by atoms with Crippen molar-refractivity contribution in [3.63, 3.8) is 0 Å². The molecule has 6 heteroatoms. The van der Waals surface area contributed by atoms with Crippen LogP contribution in [0.5, 0.6) is 0 Å². The minimum atomic E-state index is 0.563. The molecule has 0 unspecified atom stereocenters. The molecule has 0 radical (unpaired) electrons. The van der Waals surface area contributed by atoms with Crippen molar-refractivity contribution in [3.05, 3.63) is 11.4 Å². The molecule has 2 rings (SSSR count). The van der Waals surface area contributed by atoms with E-state index < -0.39 is 0 Å². The van der Waals surface area contributed by atoms with Crippen LogP contribution in [-0.4, -0.2) is 43.3 Å². The van der Waals surface area contributed by atoms with Gasteiger partial charge in [0, 0.05) is 26.7 Å². The number of hydrogen-bond donors (Lipinski definition) is 1. The Hall–Kier alpha value is -1.40. The number of ether oxygens (including phenoxy) is 1. The van der Waals surface area contributed by atoms with Gasteiger partial charge in [-0.3, -0.25) is 0 Å². The first-order valence-electron chi connectivity index (χ1n) is 7.38. The van der Waals surface area contributed by atoms with Gasteiger partial charge in [0.15, 0.2) is 0 Å². The van der Waals surface area contributed by atoms with E-state index in [9.17, 15) is 0 Å².